The Hall–Kier alpha value is -2.34. The van der Waals surface area contributed by atoms with Crippen molar-refractivity contribution in [2.45, 2.75) is 6.92 Å². The fourth-order valence-electron chi connectivity index (χ4n) is 2.81. The number of aliphatic hydroxyl groups is 1. The molecule has 0 atom stereocenters. The van der Waals surface area contributed by atoms with Gasteiger partial charge in [0.1, 0.15) is 0 Å². The Balaban J connectivity index is 2.38. The molecular weight excluding hydrogens is 427 g/mol. The van der Waals surface area contributed by atoms with Crippen molar-refractivity contribution < 1.29 is 9.94 Å². The number of hydrogen-bond donors (Lipinski definition) is 2. The summed E-state index contributed by atoms with van der Waals surface area (Å²) in [7, 11) is 0. The molecule has 2 N–H and O–H groups in total. The van der Waals surface area contributed by atoms with Gasteiger partial charge >= 0.3 is 0 Å². The molecule has 10 heteroatoms. The van der Waals surface area contributed by atoms with Crippen LogP contribution in [0.25, 0.3) is 16.6 Å². The van der Waals surface area contributed by atoms with E-state index in [4.69, 9.17) is 50.0 Å². The second-order valence-corrected chi connectivity index (χ2v) is 6.96. The number of nitrogens with zero attached hydrogens (tertiary/aromatic N) is 3. The van der Waals surface area contributed by atoms with Gasteiger partial charge in [-0.05, 0) is 19.1 Å². The van der Waals surface area contributed by atoms with Crippen LogP contribution in [-0.2, 0) is 4.84 Å². The Bertz CT molecular complexity index is 1150. The number of hydrogen-bond acceptors (Lipinski definition) is 6. The molecule has 0 saturated carbocycles. The molecule has 0 saturated heterocycles. The van der Waals surface area contributed by atoms with Crippen molar-refractivity contribution in [3.05, 3.63) is 60.9 Å². The first-order valence-electron chi connectivity index (χ1n) is 7.98. The summed E-state index contributed by atoms with van der Waals surface area (Å²) in [6, 6.07) is 6.33. The highest BCUT2D eigenvalue weighted by atomic mass is 35.5. The molecule has 2 aromatic heterocycles. The summed E-state index contributed by atoms with van der Waals surface area (Å²) in [6.07, 6.45) is 1.36. The summed E-state index contributed by atoms with van der Waals surface area (Å²) in [5.74, 6) is 0.132. The van der Waals surface area contributed by atoms with Crippen molar-refractivity contribution >= 4 is 51.5 Å². The fraction of sp³-hybridized carbons (Fsp3) is 0.167. The minimum Gasteiger partial charge on any atom is -0.394 e. The van der Waals surface area contributed by atoms with Crippen LogP contribution in [0.4, 0.5) is 5.82 Å². The lowest BCUT2D eigenvalue weighted by atomic mass is 10.1. The maximum atomic E-state index is 12.7. The fourth-order valence-corrected chi connectivity index (χ4v) is 3.69. The monoisotopic (exact) mass is 438 g/mol. The van der Waals surface area contributed by atoms with Crippen LogP contribution in [0.15, 0.2) is 29.2 Å². The lowest BCUT2D eigenvalue weighted by Crippen LogP contribution is -2.16. The zero-order valence-corrected chi connectivity index (χ0v) is 16.7. The van der Waals surface area contributed by atoms with Gasteiger partial charge in [0, 0.05) is 11.8 Å². The summed E-state index contributed by atoms with van der Waals surface area (Å²) < 4.78 is 1.63. The second-order valence-electron chi connectivity index (χ2n) is 5.74. The summed E-state index contributed by atoms with van der Waals surface area (Å²) in [5.41, 5.74) is 3.74. The normalized spacial score (nSPS) is 10.9. The highest BCUT2D eigenvalue weighted by Crippen LogP contribution is 2.36. The molecule has 0 aliphatic heterocycles. The molecule has 3 rings (SSSR count). The van der Waals surface area contributed by atoms with E-state index in [0.29, 0.717) is 22.5 Å². The lowest BCUT2D eigenvalue weighted by molar-refractivity contribution is 0.132. The molecule has 0 unspecified atom stereocenters. The van der Waals surface area contributed by atoms with Crippen molar-refractivity contribution in [2.75, 3.05) is 18.7 Å². The molecule has 0 bridgehead atoms. The molecular formula is C18H13Cl3N4O3. The topological polar surface area (TPSA) is 100 Å². The number of pyridine rings is 2. The highest BCUT2D eigenvalue weighted by molar-refractivity contribution is 6.39. The number of anilines is 1. The van der Waals surface area contributed by atoms with Crippen LogP contribution in [0, 0.1) is 18.3 Å². The van der Waals surface area contributed by atoms with E-state index in [1.165, 1.54) is 24.4 Å². The Morgan fingerprint density at radius 1 is 1.25 bits per heavy atom. The molecule has 0 spiro atoms. The number of aryl methyl sites for hydroxylation is 1. The van der Waals surface area contributed by atoms with Crippen LogP contribution in [0.3, 0.4) is 0 Å². The molecule has 0 amide bonds. The van der Waals surface area contributed by atoms with Crippen LogP contribution in [0.5, 0.6) is 0 Å². The van der Waals surface area contributed by atoms with Crippen LogP contribution in [-0.4, -0.2) is 27.9 Å². The van der Waals surface area contributed by atoms with E-state index in [1.54, 1.807) is 11.5 Å². The number of rotatable bonds is 5. The molecule has 7 nitrogen and oxygen atoms in total. The van der Waals surface area contributed by atoms with Gasteiger partial charge < -0.3 is 9.67 Å². The average molecular weight is 440 g/mol. The van der Waals surface area contributed by atoms with Crippen molar-refractivity contribution in [2.24, 2.45) is 0 Å². The quantitative estimate of drug-likeness (QED) is 0.462. The highest BCUT2D eigenvalue weighted by Gasteiger charge is 2.20. The van der Waals surface area contributed by atoms with Gasteiger partial charge in [-0.1, -0.05) is 34.8 Å². The van der Waals surface area contributed by atoms with Crippen molar-refractivity contribution in [1.29, 1.82) is 5.26 Å². The van der Waals surface area contributed by atoms with Gasteiger partial charge in [-0.25, -0.2) is 10.5 Å². The first-order valence-corrected chi connectivity index (χ1v) is 9.11. The average Bonchev–Trinajstić information content (AvgIpc) is 2.65. The van der Waals surface area contributed by atoms with Crippen LogP contribution >= 0.6 is 34.8 Å². The lowest BCUT2D eigenvalue weighted by Gasteiger charge is -2.19. The molecule has 0 aliphatic carbocycles. The van der Waals surface area contributed by atoms with Gasteiger partial charge in [-0.3, -0.25) is 9.63 Å². The Labute approximate surface area is 174 Å². The summed E-state index contributed by atoms with van der Waals surface area (Å²) in [5, 5.41) is 18.8. The molecule has 1 aromatic carbocycles. The summed E-state index contributed by atoms with van der Waals surface area (Å²) in [6.45, 7) is 1.50. The van der Waals surface area contributed by atoms with Crippen molar-refractivity contribution in [3.8, 4) is 11.8 Å². The third-order valence-corrected chi connectivity index (χ3v) is 4.75. The molecule has 0 fully saturated rings. The Kier molecular flexibility index (Phi) is 6.08. The third-order valence-electron chi connectivity index (χ3n) is 3.90. The van der Waals surface area contributed by atoms with E-state index in [2.05, 4.69) is 10.5 Å². The zero-order valence-electron chi connectivity index (χ0n) is 14.5. The molecule has 2 heterocycles. The maximum absolute atomic E-state index is 12.7. The van der Waals surface area contributed by atoms with E-state index >= 15 is 0 Å². The van der Waals surface area contributed by atoms with Gasteiger partial charge in [0.15, 0.2) is 11.2 Å². The summed E-state index contributed by atoms with van der Waals surface area (Å²) >= 11 is 19.2. The van der Waals surface area contributed by atoms with E-state index in [1.807, 2.05) is 6.07 Å². The number of aliphatic hydroxyl groups excluding tert-OH is 1. The molecule has 28 heavy (non-hydrogen) atoms. The minimum atomic E-state index is -0.338. The maximum Gasteiger partial charge on any atom is 0.193 e. The number of fused-ring (bicyclic) bond motifs is 1. The number of halogens is 3. The van der Waals surface area contributed by atoms with Gasteiger partial charge in [0.05, 0.1) is 62.7 Å². The number of aromatic nitrogens is 2. The molecule has 0 aliphatic rings. The first kappa shape index (κ1) is 20.4. The van der Waals surface area contributed by atoms with Gasteiger partial charge in [0.25, 0.3) is 0 Å². The predicted molar refractivity (Wildman–Crippen MR) is 108 cm³/mol. The number of nitrogens with one attached hydrogen (secondary N) is 1. The Morgan fingerprint density at radius 3 is 2.54 bits per heavy atom. The second kappa shape index (κ2) is 8.35. The van der Waals surface area contributed by atoms with E-state index in [0.717, 1.165) is 0 Å². The number of benzene rings is 1. The first-order chi connectivity index (χ1) is 13.4. The standard InChI is InChI=1S/C18H13Cl3N4O3/c1-9-4-14(27)15-17(13(21)8-23-18(15)24-28-3-2-26)25(9)16-11(19)5-10(7-22)6-12(16)20/h4-6,8,26H,2-3H2,1H3,(H,23,24). The van der Waals surface area contributed by atoms with Crippen molar-refractivity contribution in [3.63, 3.8) is 0 Å². The summed E-state index contributed by atoms with van der Waals surface area (Å²) in [4.78, 5) is 21.9. The van der Waals surface area contributed by atoms with Gasteiger partial charge in [-0.2, -0.15) is 5.26 Å². The van der Waals surface area contributed by atoms with E-state index < -0.39 is 0 Å². The van der Waals surface area contributed by atoms with E-state index in [-0.39, 0.29) is 44.9 Å². The van der Waals surface area contributed by atoms with Gasteiger partial charge in [-0.15, -0.1) is 0 Å². The molecule has 0 radical (unpaired) electrons. The van der Waals surface area contributed by atoms with Crippen LogP contribution < -0.4 is 10.9 Å². The van der Waals surface area contributed by atoms with Crippen molar-refractivity contribution in [1.82, 2.24) is 9.55 Å². The van der Waals surface area contributed by atoms with Crippen LogP contribution in [0.1, 0.15) is 11.3 Å². The van der Waals surface area contributed by atoms with E-state index in [9.17, 15) is 4.79 Å². The van der Waals surface area contributed by atoms with Crippen LogP contribution in [0.2, 0.25) is 15.1 Å². The van der Waals surface area contributed by atoms with Gasteiger partial charge in [0.2, 0.25) is 0 Å². The molecule has 3 aromatic rings. The Morgan fingerprint density at radius 2 is 1.93 bits per heavy atom. The predicted octanol–water partition coefficient (Wildman–Crippen LogP) is 3.86. The largest absolute Gasteiger partial charge is 0.394 e. The third kappa shape index (κ3) is 3.65. The number of nitriles is 1. The minimum absolute atomic E-state index is 0.000863. The SMILES string of the molecule is Cc1cc(=O)c2c(NOCCO)ncc(Cl)c2n1-c1c(Cl)cc(C#N)cc1Cl. The molecule has 144 valence electrons. The smallest absolute Gasteiger partial charge is 0.193 e. The zero-order chi connectivity index (χ0) is 20.4.